The molecule has 1 aromatic heterocycles. The summed E-state index contributed by atoms with van der Waals surface area (Å²) < 4.78 is 0. The molecule has 0 spiro atoms. The SMILES string of the molecule is CCc1ncc(C(C)CC)[nH]1. The topological polar surface area (TPSA) is 28.7 Å². The van der Waals surface area contributed by atoms with Gasteiger partial charge in [0.2, 0.25) is 0 Å². The summed E-state index contributed by atoms with van der Waals surface area (Å²) in [5, 5.41) is 0. The number of H-pyrrole nitrogens is 1. The van der Waals surface area contributed by atoms with Gasteiger partial charge in [-0.3, -0.25) is 0 Å². The summed E-state index contributed by atoms with van der Waals surface area (Å²) in [5.74, 6) is 1.71. The second-order valence-electron chi connectivity index (χ2n) is 2.95. The van der Waals surface area contributed by atoms with Gasteiger partial charge < -0.3 is 4.98 Å². The average molecular weight is 152 g/mol. The fourth-order valence-corrected chi connectivity index (χ4v) is 1.03. The first-order valence-corrected chi connectivity index (χ1v) is 4.31. The first-order valence-electron chi connectivity index (χ1n) is 4.31. The summed E-state index contributed by atoms with van der Waals surface area (Å²) in [4.78, 5) is 7.55. The largest absolute Gasteiger partial charge is 0.346 e. The Kier molecular flexibility index (Phi) is 2.69. The molecule has 0 aliphatic rings. The van der Waals surface area contributed by atoms with Crippen molar-refractivity contribution in [2.24, 2.45) is 0 Å². The molecule has 2 heteroatoms. The molecule has 0 aliphatic carbocycles. The number of aryl methyl sites for hydroxylation is 1. The van der Waals surface area contributed by atoms with E-state index in [-0.39, 0.29) is 0 Å². The van der Waals surface area contributed by atoms with Crippen molar-refractivity contribution in [2.75, 3.05) is 0 Å². The Morgan fingerprint density at radius 2 is 2.27 bits per heavy atom. The van der Waals surface area contributed by atoms with E-state index in [9.17, 15) is 0 Å². The third-order valence-corrected chi connectivity index (χ3v) is 2.13. The maximum atomic E-state index is 4.25. The second kappa shape index (κ2) is 3.56. The normalized spacial score (nSPS) is 13.4. The van der Waals surface area contributed by atoms with E-state index >= 15 is 0 Å². The summed E-state index contributed by atoms with van der Waals surface area (Å²) in [6.07, 6.45) is 4.12. The van der Waals surface area contributed by atoms with Gasteiger partial charge in [-0.1, -0.05) is 20.8 Å². The van der Waals surface area contributed by atoms with Crippen LogP contribution in [0.2, 0.25) is 0 Å². The highest BCUT2D eigenvalue weighted by molar-refractivity contribution is 5.05. The molecule has 0 aromatic carbocycles. The first kappa shape index (κ1) is 8.31. The van der Waals surface area contributed by atoms with Crippen molar-refractivity contribution in [2.45, 2.75) is 39.5 Å². The van der Waals surface area contributed by atoms with E-state index in [1.165, 1.54) is 12.1 Å². The highest BCUT2D eigenvalue weighted by atomic mass is 14.9. The van der Waals surface area contributed by atoms with Gasteiger partial charge >= 0.3 is 0 Å². The zero-order chi connectivity index (χ0) is 8.27. The monoisotopic (exact) mass is 152 g/mol. The van der Waals surface area contributed by atoms with Gasteiger partial charge in [-0.15, -0.1) is 0 Å². The van der Waals surface area contributed by atoms with E-state index in [2.05, 4.69) is 30.7 Å². The van der Waals surface area contributed by atoms with Crippen LogP contribution < -0.4 is 0 Å². The Bertz CT molecular complexity index is 215. The number of aromatic amines is 1. The van der Waals surface area contributed by atoms with Crippen molar-refractivity contribution < 1.29 is 0 Å². The summed E-state index contributed by atoms with van der Waals surface area (Å²) >= 11 is 0. The zero-order valence-electron chi connectivity index (χ0n) is 7.52. The van der Waals surface area contributed by atoms with Crippen molar-refractivity contribution >= 4 is 0 Å². The molecule has 1 heterocycles. The molecule has 2 nitrogen and oxygen atoms in total. The maximum Gasteiger partial charge on any atom is 0.105 e. The van der Waals surface area contributed by atoms with Crippen LogP contribution in [0.1, 0.15) is 44.6 Å². The van der Waals surface area contributed by atoms with E-state index in [1.807, 2.05) is 6.20 Å². The fraction of sp³-hybridized carbons (Fsp3) is 0.667. The van der Waals surface area contributed by atoms with Crippen molar-refractivity contribution in [3.8, 4) is 0 Å². The summed E-state index contributed by atoms with van der Waals surface area (Å²) in [6, 6.07) is 0. The number of aromatic nitrogens is 2. The van der Waals surface area contributed by atoms with Gasteiger partial charge in [0.25, 0.3) is 0 Å². The lowest BCUT2D eigenvalue weighted by Gasteiger charge is -2.02. The molecule has 62 valence electrons. The lowest BCUT2D eigenvalue weighted by atomic mass is 10.1. The molecule has 1 unspecified atom stereocenters. The number of rotatable bonds is 3. The molecule has 11 heavy (non-hydrogen) atoms. The summed E-state index contributed by atoms with van der Waals surface area (Å²) in [6.45, 7) is 6.52. The predicted molar refractivity (Wildman–Crippen MR) is 46.7 cm³/mol. The quantitative estimate of drug-likeness (QED) is 0.708. The number of hydrogen-bond donors (Lipinski definition) is 1. The second-order valence-corrected chi connectivity index (χ2v) is 2.95. The van der Waals surface area contributed by atoms with Crippen LogP contribution in [-0.2, 0) is 6.42 Å². The van der Waals surface area contributed by atoms with Crippen molar-refractivity contribution in [1.29, 1.82) is 0 Å². The molecule has 0 amide bonds. The highest BCUT2D eigenvalue weighted by Crippen LogP contribution is 2.15. The molecule has 0 aliphatic heterocycles. The Morgan fingerprint density at radius 3 is 2.73 bits per heavy atom. The molecule has 0 saturated heterocycles. The highest BCUT2D eigenvalue weighted by Gasteiger charge is 2.04. The Labute approximate surface area is 68.0 Å². The van der Waals surface area contributed by atoms with Crippen molar-refractivity contribution in [1.82, 2.24) is 9.97 Å². The Hall–Kier alpha value is -0.790. The van der Waals surface area contributed by atoms with E-state index in [4.69, 9.17) is 0 Å². The van der Waals surface area contributed by atoms with Gasteiger partial charge in [-0.2, -0.15) is 0 Å². The third-order valence-electron chi connectivity index (χ3n) is 2.13. The summed E-state index contributed by atoms with van der Waals surface area (Å²) in [7, 11) is 0. The number of hydrogen-bond acceptors (Lipinski definition) is 1. The van der Waals surface area contributed by atoms with Crippen molar-refractivity contribution in [3.05, 3.63) is 17.7 Å². The molecule has 0 fully saturated rings. The molecule has 1 atom stereocenters. The first-order chi connectivity index (χ1) is 5.27. The van der Waals surface area contributed by atoms with Gasteiger partial charge in [-0.25, -0.2) is 4.98 Å². The molecule has 0 bridgehead atoms. The molecular formula is C9H16N2. The smallest absolute Gasteiger partial charge is 0.105 e. The molecular weight excluding hydrogens is 136 g/mol. The summed E-state index contributed by atoms with van der Waals surface area (Å²) in [5.41, 5.74) is 1.27. The minimum absolute atomic E-state index is 0.614. The number of nitrogens with one attached hydrogen (secondary N) is 1. The zero-order valence-corrected chi connectivity index (χ0v) is 7.52. The average Bonchev–Trinajstić information content (AvgIpc) is 2.50. The van der Waals surface area contributed by atoms with E-state index in [0.29, 0.717) is 5.92 Å². The fourth-order valence-electron chi connectivity index (χ4n) is 1.03. The minimum Gasteiger partial charge on any atom is -0.346 e. The van der Waals surface area contributed by atoms with Crippen LogP contribution in [0.5, 0.6) is 0 Å². The van der Waals surface area contributed by atoms with Gasteiger partial charge in [0, 0.05) is 18.3 Å². The van der Waals surface area contributed by atoms with Crippen LogP contribution in [0.3, 0.4) is 0 Å². The maximum absolute atomic E-state index is 4.25. The van der Waals surface area contributed by atoms with Crippen LogP contribution in [0.15, 0.2) is 6.20 Å². The van der Waals surface area contributed by atoms with Crippen LogP contribution in [0.25, 0.3) is 0 Å². The predicted octanol–water partition coefficient (Wildman–Crippen LogP) is 2.49. The molecule has 0 saturated carbocycles. The van der Waals surface area contributed by atoms with Gasteiger partial charge in [0.15, 0.2) is 0 Å². The molecule has 1 N–H and O–H groups in total. The standard InChI is InChI=1S/C9H16N2/c1-4-7(3)8-6-10-9(5-2)11-8/h6-7H,4-5H2,1-3H3,(H,10,11). The Balaban J connectivity index is 2.71. The van der Waals surface area contributed by atoms with Crippen molar-refractivity contribution in [3.63, 3.8) is 0 Å². The van der Waals surface area contributed by atoms with E-state index in [0.717, 1.165) is 12.2 Å². The number of imidazole rings is 1. The van der Waals surface area contributed by atoms with Crippen LogP contribution in [-0.4, -0.2) is 9.97 Å². The van der Waals surface area contributed by atoms with Gasteiger partial charge in [0.05, 0.1) is 0 Å². The Morgan fingerprint density at radius 1 is 1.55 bits per heavy atom. The molecule has 1 aromatic rings. The van der Waals surface area contributed by atoms with Crippen LogP contribution >= 0.6 is 0 Å². The lowest BCUT2D eigenvalue weighted by molar-refractivity contribution is 0.710. The lowest BCUT2D eigenvalue weighted by Crippen LogP contribution is -1.91. The molecule has 0 radical (unpaired) electrons. The van der Waals surface area contributed by atoms with Crippen LogP contribution in [0, 0.1) is 0 Å². The van der Waals surface area contributed by atoms with Crippen LogP contribution in [0.4, 0.5) is 0 Å². The van der Waals surface area contributed by atoms with Gasteiger partial charge in [0.1, 0.15) is 5.82 Å². The number of nitrogens with zero attached hydrogens (tertiary/aromatic N) is 1. The van der Waals surface area contributed by atoms with Gasteiger partial charge in [-0.05, 0) is 12.3 Å². The minimum atomic E-state index is 0.614. The third kappa shape index (κ3) is 1.82. The molecule has 1 rings (SSSR count). The van der Waals surface area contributed by atoms with E-state index in [1.54, 1.807) is 0 Å². The van der Waals surface area contributed by atoms with E-state index < -0.39 is 0 Å².